The van der Waals surface area contributed by atoms with Crippen LogP contribution in [0.1, 0.15) is 12.5 Å². The number of rotatable bonds is 4. The van der Waals surface area contributed by atoms with Gasteiger partial charge in [-0.15, -0.1) is 11.8 Å². The van der Waals surface area contributed by atoms with Gasteiger partial charge in [-0.05, 0) is 33.8 Å². The molecule has 0 bridgehead atoms. The number of hydrogen-bond acceptors (Lipinski definition) is 4. The second-order valence-electron chi connectivity index (χ2n) is 5.57. The highest BCUT2D eigenvalue weighted by molar-refractivity contribution is 9.10. The van der Waals surface area contributed by atoms with Crippen molar-refractivity contribution in [3.63, 3.8) is 0 Å². The first kappa shape index (κ1) is 20.0. The van der Waals surface area contributed by atoms with Crippen LogP contribution in [0, 0.1) is 0 Å². The predicted octanol–water partition coefficient (Wildman–Crippen LogP) is 5.56. The largest absolute Gasteiger partial charge is 0.458 e. The summed E-state index contributed by atoms with van der Waals surface area (Å²) in [7, 11) is 1.60. The van der Waals surface area contributed by atoms with Gasteiger partial charge >= 0.3 is 12.1 Å². The average molecular weight is 467 g/mol. The molecule has 3 aromatic heterocycles. The van der Waals surface area contributed by atoms with Crippen molar-refractivity contribution in [1.29, 1.82) is 0 Å². The number of aryl methyl sites for hydroxylation is 1. The Balaban J connectivity index is 2.17. The van der Waals surface area contributed by atoms with E-state index in [1.807, 2.05) is 13.0 Å². The predicted molar refractivity (Wildman–Crippen MR) is 95.8 cm³/mol. The SMILES string of the molecule is CCSc1cc(Br)cnc1-c1nc2cc(C(F)(F)C(F)(F)F)cnc2n1C. The summed E-state index contributed by atoms with van der Waals surface area (Å²) in [6.07, 6.45) is -3.62. The van der Waals surface area contributed by atoms with Crippen molar-refractivity contribution in [2.45, 2.75) is 23.9 Å². The van der Waals surface area contributed by atoms with Crippen molar-refractivity contribution in [3.8, 4) is 11.5 Å². The Morgan fingerprint density at radius 1 is 1.11 bits per heavy atom. The lowest BCUT2D eigenvalue weighted by atomic mass is 10.1. The van der Waals surface area contributed by atoms with E-state index in [1.54, 1.807) is 13.2 Å². The van der Waals surface area contributed by atoms with Crippen LogP contribution in [0.25, 0.3) is 22.7 Å². The number of alkyl halides is 5. The molecule has 0 atom stereocenters. The number of aromatic nitrogens is 4. The zero-order valence-electron chi connectivity index (χ0n) is 14.0. The summed E-state index contributed by atoms with van der Waals surface area (Å²) in [5, 5.41) is 0. The molecule has 3 aromatic rings. The van der Waals surface area contributed by atoms with Gasteiger partial charge in [0.25, 0.3) is 0 Å². The van der Waals surface area contributed by atoms with Gasteiger partial charge in [-0.2, -0.15) is 22.0 Å². The number of thioether (sulfide) groups is 1. The molecule has 0 aliphatic carbocycles. The minimum Gasteiger partial charge on any atom is -0.310 e. The van der Waals surface area contributed by atoms with Gasteiger partial charge in [-0.25, -0.2) is 9.97 Å². The van der Waals surface area contributed by atoms with Crippen LogP contribution in [0.15, 0.2) is 33.9 Å². The molecule has 0 aromatic carbocycles. The fraction of sp³-hybridized carbons (Fsp3) is 0.312. The molecule has 0 aliphatic heterocycles. The number of hydrogen-bond donors (Lipinski definition) is 0. The lowest BCUT2D eigenvalue weighted by Gasteiger charge is -2.19. The van der Waals surface area contributed by atoms with E-state index >= 15 is 0 Å². The molecule has 4 nitrogen and oxygen atoms in total. The fourth-order valence-electron chi connectivity index (χ4n) is 2.48. The maximum Gasteiger partial charge on any atom is 0.458 e. The van der Waals surface area contributed by atoms with Crippen LogP contribution in [0.4, 0.5) is 22.0 Å². The first-order valence-corrected chi connectivity index (χ1v) is 9.40. The molecule has 11 heteroatoms. The van der Waals surface area contributed by atoms with Gasteiger partial charge in [0, 0.05) is 28.8 Å². The van der Waals surface area contributed by atoms with Gasteiger partial charge in [-0.3, -0.25) is 4.98 Å². The van der Waals surface area contributed by atoms with E-state index in [-0.39, 0.29) is 11.2 Å². The molecule has 0 saturated heterocycles. The van der Waals surface area contributed by atoms with Gasteiger partial charge in [-0.1, -0.05) is 6.92 Å². The quantitative estimate of drug-likeness (QED) is 0.373. The van der Waals surface area contributed by atoms with Crippen LogP contribution in [-0.2, 0) is 13.0 Å². The molecular weight excluding hydrogens is 455 g/mol. The molecule has 0 saturated carbocycles. The van der Waals surface area contributed by atoms with E-state index in [9.17, 15) is 22.0 Å². The Labute approximate surface area is 163 Å². The maximum atomic E-state index is 13.6. The van der Waals surface area contributed by atoms with Gasteiger partial charge in [0.15, 0.2) is 11.5 Å². The van der Waals surface area contributed by atoms with Crippen molar-refractivity contribution < 1.29 is 22.0 Å². The van der Waals surface area contributed by atoms with E-state index in [0.717, 1.165) is 15.1 Å². The average Bonchev–Trinajstić information content (AvgIpc) is 2.90. The van der Waals surface area contributed by atoms with Gasteiger partial charge in [0.1, 0.15) is 11.2 Å². The molecule has 0 unspecified atom stereocenters. The third kappa shape index (κ3) is 3.54. The summed E-state index contributed by atoms with van der Waals surface area (Å²) in [6.45, 7) is 1.96. The number of nitrogens with zero attached hydrogens (tertiary/aromatic N) is 4. The normalized spacial score (nSPS) is 12.7. The molecule has 144 valence electrons. The second-order valence-corrected chi connectivity index (χ2v) is 7.79. The number of halogens is 6. The van der Waals surface area contributed by atoms with Gasteiger partial charge < -0.3 is 4.57 Å². The Morgan fingerprint density at radius 3 is 2.44 bits per heavy atom. The highest BCUT2D eigenvalue weighted by atomic mass is 79.9. The van der Waals surface area contributed by atoms with Crippen molar-refractivity contribution in [3.05, 3.63) is 34.6 Å². The zero-order valence-corrected chi connectivity index (χ0v) is 16.4. The summed E-state index contributed by atoms with van der Waals surface area (Å²) in [6, 6.07) is 2.55. The molecule has 0 amide bonds. The van der Waals surface area contributed by atoms with Gasteiger partial charge in [0.2, 0.25) is 0 Å². The molecule has 3 rings (SSSR count). The summed E-state index contributed by atoms with van der Waals surface area (Å²) in [4.78, 5) is 13.1. The Hall–Kier alpha value is -1.75. The number of pyridine rings is 2. The van der Waals surface area contributed by atoms with Crippen LogP contribution in [0.2, 0.25) is 0 Å². The molecule has 0 radical (unpaired) electrons. The lowest BCUT2D eigenvalue weighted by Crippen LogP contribution is -2.33. The minimum atomic E-state index is -5.71. The van der Waals surface area contributed by atoms with Crippen molar-refractivity contribution in [1.82, 2.24) is 19.5 Å². The maximum absolute atomic E-state index is 13.6. The van der Waals surface area contributed by atoms with E-state index in [0.29, 0.717) is 23.8 Å². The fourth-order valence-corrected chi connectivity index (χ4v) is 3.76. The van der Waals surface area contributed by atoms with Crippen LogP contribution >= 0.6 is 27.7 Å². The first-order valence-electron chi connectivity index (χ1n) is 7.62. The van der Waals surface area contributed by atoms with Crippen LogP contribution in [-0.4, -0.2) is 31.4 Å². The number of fused-ring (bicyclic) bond motifs is 1. The minimum absolute atomic E-state index is 0.0638. The highest BCUT2D eigenvalue weighted by Crippen LogP contribution is 2.44. The molecular formula is C16H12BrF5N4S. The van der Waals surface area contributed by atoms with Crippen molar-refractivity contribution in [2.24, 2.45) is 7.05 Å². The topological polar surface area (TPSA) is 43.6 Å². The summed E-state index contributed by atoms with van der Waals surface area (Å²) in [5.74, 6) is -3.92. The van der Waals surface area contributed by atoms with E-state index in [4.69, 9.17) is 0 Å². The molecule has 0 aliphatic rings. The Morgan fingerprint density at radius 2 is 1.81 bits per heavy atom. The van der Waals surface area contributed by atoms with E-state index < -0.39 is 17.7 Å². The summed E-state index contributed by atoms with van der Waals surface area (Å²) >= 11 is 4.84. The Kier molecular flexibility index (Phi) is 5.19. The smallest absolute Gasteiger partial charge is 0.310 e. The molecule has 0 N–H and O–H groups in total. The molecule has 27 heavy (non-hydrogen) atoms. The standard InChI is InChI=1S/C16H12BrF5N4S/c1-3-27-11-5-9(17)7-23-12(11)14-25-10-4-8(6-24-13(10)26(14)2)15(18,19)16(20,21)22/h4-7H,3H2,1-2H3. The molecule has 0 spiro atoms. The molecule has 0 fully saturated rings. The Bertz CT molecular complexity index is 1000. The van der Waals surface area contributed by atoms with Crippen LogP contribution in [0.5, 0.6) is 0 Å². The summed E-state index contributed by atoms with van der Waals surface area (Å²) in [5.41, 5.74) is -0.635. The number of imidazole rings is 1. The lowest BCUT2D eigenvalue weighted by molar-refractivity contribution is -0.289. The van der Waals surface area contributed by atoms with Crippen LogP contribution in [0.3, 0.4) is 0 Å². The molecule has 3 heterocycles. The second kappa shape index (κ2) is 7.01. The van der Waals surface area contributed by atoms with E-state index in [1.165, 1.54) is 16.3 Å². The first-order chi connectivity index (χ1) is 12.6. The zero-order chi connectivity index (χ0) is 20.0. The van der Waals surface area contributed by atoms with Gasteiger partial charge in [0.05, 0.1) is 5.56 Å². The monoisotopic (exact) mass is 466 g/mol. The third-order valence-electron chi connectivity index (χ3n) is 3.76. The summed E-state index contributed by atoms with van der Waals surface area (Å²) < 4.78 is 67.4. The highest BCUT2D eigenvalue weighted by Gasteiger charge is 2.59. The van der Waals surface area contributed by atoms with Crippen molar-refractivity contribution >= 4 is 38.9 Å². The third-order valence-corrected chi connectivity index (χ3v) is 5.10. The van der Waals surface area contributed by atoms with E-state index in [2.05, 4.69) is 30.9 Å². The van der Waals surface area contributed by atoms with Crippen LogP contribution < -0.4 is 0 Å². The van der Waals surface area contributed by atoms with Crippen molar-refractivity contribution in [2.75, 3.05) is 5.75 Å².